The molecule has 3 atom stereocenters. The van der Waals surface area contributed by atoms with Gasteiger partial charge in [-0.2, -0.15) is 0 Å². The lowest BCUT2D eigenvalue weighted by atomic mass is 10.0. The van der Waals surface area contributed by atoms with E-state index in [4.69, 9.17) is 10.5 Å². The van der Waals surface area contributed by atoms with Crippen molar-refractivity contribution in [2.75, 3.05) is 26.7 Å². The van der Waals surface area contributed by atoms with Gasteiger partial charge in [-0.05, 0) is 7.05 Å². The minimum Gasteiger partial charge on any atom is -0.375 e. The van der Waals surface area contributed by atoms with Crippen LogP contribution in [0.4, 0.5) is 0 Å². The van der Waals surface area contributed by atoms with E-state index in [0.29, 0.717) is 12.0 Å². The highest BCUT2D eigenvalue weighted by Gasteiger charge is 2.40. The predicted molar refractivity (Wildman–Crippen MR) is 38.7 cm³/mol. The second kappa shape index (κ2) is 2.19. The summed E-state index contributed by atoms with van der Waals surface area (Å²) in [5, 5.41) is 0. The molecule has 2 fully saturated rings. The van der Waals surface area contributed by atoms with Crippen molar-refractivity contribution in [3.05, 3.63) is 0 Å². The van der Waals surface area contributed by atoms with Crippen LogP contribution >= 0.6 is 0 Å². The Morgan fingerprint density at radius 3 is 3.00 bits per heavy atom. The van der Waals surface area contributed by atoms with E-state index in [1.165, 1.54) is 0 Å². The third kappa shape index (κ3) is 0.856. The quantitative estimate of drug-likeness (QED) is 0.485. The minimum absolute atomic E-state index is 0.287. The monoisotopic (exact) mass is 142 g/mol. The summed E-state index contributed by atoms with van der Waals surface area (Å²) < 4.78 is 5.49. The Morgan fingerprint density at radius 2 is 2.30 bits per heavy atom. The predicted octanol–water partition coefficient (Wildman–Crippen LogP) is -0.726. The van der Waals surface area contributed by atoms with E-state index in [1.54, 1.807) is 0 Å². The van der Waals surface area contributed by atoms with Crippen molar-refractivity contribution < 1.29 is 4.74 Å². The first-order valence-electron chi connectivity index (χ1n) is 3.83. The summed E-state index contributed by atoms with van der Waals surface area (Å²) in [5.74, 6) is 0.602. The molecule has 2 aliphatic heterocycles. The lowest BCUT2D eigenvalue weighted by Crippen LogP contribution is -2.32. The molecular weight excluding hydrogens is 128 g/mol. The molecule has 3 nitrogen and oxygen atoms in total. The number of fused-ring (bicyclic) bond motifs is 1. The summed E-state index contributed by atoms with van der Waals surface area (Å²) in [7, 11) is 2.12. The van der Waals surface area contributed by atoms with Gasteiger partial charge in [0.25, 0.3) is 0 Å². The third-order valence-corrected chi connectivity index (χ3v) is 2.54. The van der Waals surface area contributed by atoms with Gasteiger partial charge in [0, 0.05) is 25.0 Å². The van der Waals surface area contributed by atoms with E-state index in [2.05, 4.69) is 11.9 Å². The maximum Gasteiger partial charge on any atom is 0.0758 e. The zero-order valence-corrected chi connectivity index (χ0v) is 6.29. The van der Waals surface area contributed by atoms with Crippen molar-refractivity contribution in [3.63, 3.8) is 0 Å². The van der Waals surface area contributed by atoms with Crippen LogP contribution in [0.25, 0.3) is 0 Å². The summed E-state index contributed by atoms with van der Waals surface area (Å²) in [5.41, 5.74) is 5.83. The first kappa shape index (κ1) is 6.58. The number of hydrogen-bond donors (Lipinski definition) is 1. The van der Waals surface area contributed by atoms with Gasteiger partial charge >= 0.3 is 0 Å². The Balaban J connectivity index is 2.05. The fourth-order valence-electron chi connectivity index (χ4n) is 1.94. The van der Waals surface area contributed by atoms with Gasteiger partial charge in [0.15, 0.2) is 0 Å². The molecule has 0 aromatic heterocycles. The molecule has 2 rings (SSSR count). The second-order valence-electron chi connectivity index (χ2n) is 3.42. The average Bonchev–Trinajstić information content (AvgIpc) is 2.35. The molecule has 0 aromatic rings. The third-order valence-electron chi connectivity index (χ3n) is 2.54. The van der Waals surface area contributed by atoms with Gasteiger partial charge in [0.2, 0.25) is 0 Å². The van der Waals surface area contributed by atoms with Crippen molar-refractivity contribution in [1.82, 2.24) is 4.90 Å². The van der Waals surface area contributed by atoms with Crippen LogP contribution in [-0.2, 0) is 4.74 Å². The van der Waals surface area contributed by atoms with Crippen molar-refractivity contribution in [1.29, 1.82) is 0 Å². The van der Waals surface area contributed by atoms with Crippen molar-refractivity contribution in [2.24, 2.45) is 11.7 Å². The summed E-state index contributed by atoms with van der Waals surface area (Å²) in [6.07, 6.45) is 0.431. The van der Waals surface area contributed by atoms with Gasteiger partial charge in [0.05, 0.1) is 12.7 Å². The van der Waals surface area contributed by atoms with Crippen LogP contribution in [0.3, 0.4) is 0 Å². The molecule has 10 heavy (non-hydrogen) atoms. The number of likely N-dealkylation sites (N-methyl/N-ethyl adjacent to an activating group) is 1. The van der Waals surface area contributed by atoms with E-state index < -0.39 is 0 Å². The molecule has 0 bridgehead atoms. The van der Waals surface area contributed by atoms with Crippen LogP contribution < -0.4 is 5.73 Å². The first-order valence-corrected chi connectivity index (χ1v) is 3.83. The fourth-order valence-corrected chi connectivity index (χ4v) is 1.94. The highest BCUT2D eigenvalue weighted by molar-refractivity contribution is 4.94. The maximum absolute atomic E-state index is 5.83. The number of nitrogens with zero attached hydrogens (tertiary/aromatic N) is 1. The molecule has 0 spiro atoms. The molecule has 0 radical (unpaired) electrons. The molecule has 0 aliphatic carbocycles. The number of likely N-dealkylation sites (tertiary alicyclic amines) is 1. The van der Waals surface area contributed by atoms with E-state index in [1.807, 2.05) is 0 Å². The molecule has 3 heteroatoms. The number of hydrogen-bond acceptors (Lipinski definition) is 3. The molecule has 2 N–H and O–H groups in total. The van der Waals surface area contributed by atoms with Crippen LogP contribution in [0, 0.1) is 5.92 Å². The minimum atomic E-state index is 0.287. The van der Waals surface area contributed by atoms with Gasteiger partial charge in [0.1, 0.15) is 0 Å². The Morgan fingerprint density at radius 1 is 1.50 bits per heavy atom. The van der Waals surface area contributed by atoms with Gasteiger partial charge in [-0.3, -0.25) is 0 Å². The van der Waals surface area contributed by atoms with E-state index >= 15 is 0 Å². The molecule has 2 aliphatic rings. The molecule has 2 saturated heterocycles. The molecule has 0 amide bonds. The molecular formula is C7H14N2O. The van der Waals surface area contributed by atoms with E-state index in [9.17, 15) is 0 Å². The summed E-state index contributed by atoms with van der Waals surface area (Å²) in [6, 6.07) is 0.287. The van der Waals surface area contributed by atoms with E-state index in [-0.39, 0.29) is 6.04 Å². The summed E-state index contributed by atoms with van der Waals surface area (Å²) in [6.45, 7) is 2.95. The Kier molecular flexibility index (Phi) is 1.44. The normalized spacial score (nSPS) is 48.0. The lowest BCUT2D eigenvalue weighted by molar-refractivity contribution is 0.101. The number of nitrogens with two attached hydrogens (primary N) is 1. The summed E-state index contributed by atoms with van der Waals surface area (Å²) >= 11 is 0. The topological polar surface area (TPSA) is 38.5 Å². The molecule has 2 heterocycles. The Hall–Kier alpha value is -0.120. The van der Waals surface area contributed by atoms with Crippen molar-refractivity contribution >= 4 is 0 Å². The zero-order chi connectivity index (χ0) is 7.14. The largest absolute Gasteiger partial charge is 0.375 e. The summed E-state index contributed by atoms with van der Waals surface area (Å²) in [4.78, 5) is 2.29. The molecule has 0 aromatic carbocycles. The Labute approximate surface area is 61.1 Å². The Bertz CT molecular complexity index is 140. The first-order chi connectivity index (χ1) is 4.77. The molecule has 58 valence electrons. The highest BCUT2D eigenvalue weighted by Crippen LogP contribution is 2.26. The highest BCUT2D eigenvalue weighted by atomic mass is 16.5. The van der Waals surface area contributed by atoms with Gasteiger partial charge in [-0.1, -0.05) is 0 Å². The maximum atomic E-state index is 5.83. The van der Waals surface area contributed by atoms with Crippen LogP contribution in [0.1, 0.15) is 0 Å². The average molecular weight is 142 g/mol. The van der Waals surface area contributed by atoms with Crippen LogP contribution in [0.2, 0.25) is 0 Å². The van der Waals surface area contributed by atoms with Crippen LogP contribution in [0.15, 0.2) is 0 Å². The van der Waals surface area contributed by atoms with Crippen molar-refractivity contribution in [3.8, 4) is 0 Å². The standard InChI is InChI=1S/C7H14N2O/c1-9-2-5-6(8)4-10-7(5)3-9/h5-7H,2-4,8H2,1H3. The van der Waals surface area contributed by atoms with Gasteiger partial charge < -0.3 is 15.4 Å². The van der Waals surface area contributed by atoms with E-state index in [0.717, 1.165) is 19.7 Å². The van der Waals surface area contributed by atoms with Gasteiger partial charge in [-0.25, -0.2) is 0 Å². The second-order valence-corrected chi connectivity index (χ2v) is 3.42. The number of rotatable bonds is 0. The SMILES string of the molecule is CN1CC2OCC(N)C2C1. The molecule has 0 saturated carbocycles. The van der Waals surface area contributed by atoms with Crippen LogP contribution in [0.5, 0.6) is 0 Å². The fraction of sp³-hybridized carbons (Fsp3) is 1.00. The molecule has 3 unspecified atom stereocenters. The number of ether oxygens (including phenoxy) is 1. The van der Waals surface area contributed by atoms with Crippen LogP contribution in [-0.4, -0.2) is 43.8 Å². The lowest BCUT2D eigenvalue weighted by Gasteiger charge is -2.10. The van der Waals surface area contributed by atoms with Crippen molar-refractivity contribution in [2.45, 2.75) is 12.1 Å². The smallest absolute Gasteiger partial charge is 0.0758 e. The van der Waals surface area contributed by atoms with Gasteiger partial charge in [-0.15, -0.1) is 0 Å². The zero-order valence-electron chi connectivity index (χ0n) is 6.29.